The number of nitrogens with one attached hydrogen (secondary N) is 1. The zero-order valence-electron chi connectivity index (χ0n) is 19.4. The van der Waals surface area contributed by atoms with Crippen LogP contribution in [0.4, 0.5) is 0 Å². The Morgan fingerprint density at radius 3 is 2.38 bits per heavy atom. The molecular weight excluding hydrogens is 450 g/mol. The minimum absolute atomic E-state index is 0.0196. The van der Waals surface area contributed by atoms with Crippen molar-refractivity contribution in [1.82, 2.24) is 25.5 Å². The summed E-state index contributed by atoms with van der Waals surface area (Å²) in [5, 5.41) is 20.5. The summed E-state index contributed by atoms with van der Waals surface area (Å²) < 4.78 is 18.5. The molecule has 0 bridgehead atoms. The lowest BCUT2D eigenvalue weighted by molar-refractivity contribution is 0.288. The lowest BCUT2D eigenvalue weighted by atomic mass is 10.1. The van der Waals surface area contributed by atoms with E-state index >= 15 is 0 Å². The van der Waals surface area contributed by atoms with Gasteiger partial charge in [-0.3, -0.25) is 9.19 Å². The summed E-state index contributed by atoms with van der Waals surface area (Å²) in [6, 6.07) is 15.3. The molecule has 0 aliphatic carbocycles. The molecule has 2 unspecified atom stereocenters. The predicted octanol–water partition coefficient (Wildman–Crippen LogP) is 3.77. The average molecular weight is 478 g/mol. The van der Waals surface area contributed by atoms with Gasteiger partial charge in [-0.15, -0.1) is 10.2 Å². The lowest BCUT2D eigenvalue weighted by Gasteiger charge is -2.10. The van der Waals surface area contributed by atoms with Gasteiger partial charge >= 0.3 is 0 Å². The third-order valence-electron chi connectivity index (χ3n) is 5.45. The number of aryl methyl sites for hydroxylation is 1. The standard InChI is InChI=1S/C25H27N5O3S/c1-16(12-13-31)34(32)21-10-8-19(9-11-21)22-15-27-17(2)23(28-22)25-30-29-24(33-25)20-6-4-18(5-7-20)14-26-3/h4-11,15-16,26,31H,12-14H2,1-3H3. The zero-order chi connectivity index (χ0) is 24.1. The van der Waals surface area contributed by atoms with Crippen LogP contribution in [0.1, 0.15) is 24.6 Å². The van der Waals surface area contributed by atoms with Gasteiger partial charge in [-0.1, -0.05) is 31.2 Å². The Balaban J connectivity index is 1.58. The summed E-state index contributed by atoms with van der Waals surface area (Å²) in [7, 11) is 0.726. The van der Waals surface area contributed by atoms with E-state index in [1.54, 1.807) is 6.20 Å². The highest BCUT2D eigenvalue weighted by Crippen LogP contribution is 2.27. The van der Waals surface area contributed by atoms with Crippen LogP contribution in [0, 0.1) is 6.92 Å². The van der Waals surface area contributed by atoms with Gasteiger partial charge < -0.3 is 14.8 Å². The topological polar surface area (TPSA) is 114 Å². The number of hydrogen-bond acceptors (Lipinski definition) is 8. The van der Waals surface area contributed by atoms with Crippen molar-refractivity contribution in [3.8, 4) is 34.3 Å². The fourth-order valence-corrected chi connectivity index (χ4v) is 4.67. The minimum atomic E-state index is -1.18. The fraction of sp³-hybridized carbons (Fsp3) is 0.280. The maximum Gasteiger partial charge on any atom is 0.268 e. The van der Waals surface area contributed by atoms with Crippen LogP contribution < -0.4 is 5.32 Å². The molecule has 0 saturated heterocycles. The zero-order valence-corrected chi connectivity index (χ0v) is 20.2. The van der Waals surface area contributed by atoms with Crippen molar-refractivity contribution >= 4 is 10.8 Å². The molecule has 8 nitrogen and oxygen atoms in total. The van der Waals surface area contributed by atoms with Crippen molar-refractivity contribution < 1.29 is 13.7 Å². The van der Waals surface area contributed by atoms with Crippen LogP contribution in [0.2, 0.25) is 0 Å². The van der Waals surface area contributed by atoms with E-state index in [1.165, 1.54) is 0 Å². The van der Waals surface area contributed by atoms with E-state index in [-0.39, 0.29) is 11.9 Å². The van der Waals surface area contributed by atoms with Crippen LogP contribution in [-0.4, -0.2) is 48.4 Å². The fourth-order valence-electron chi connectivity index (χ4n) is 3.48. The van der Waals surface area contributed by atoms with E-state index in [2.05, 4.69) is 20.5 Å². The molecular formula is C25H27N5O3S. The molecule has 0 spiro atoms. The quantitative estimate of drug-likeness (QED) is 0.374. The van der Waals surface area contributed by atoms with Crippen molar-refractivity contribution in [2.75, 3.05) is 13.7 Å². The number of hydrogen-bond donors (Lipinski definition) is 2. The smallest absolute Gasteiger partial charge is 0.268 e. The van der Waals surface area contributed by atoms with Crippen LogP contribution >= 0.6 is 0 Å². The first kappa shape index (κ1) is 23.9. The maximum atomic E-state index is 12.6. The number of aromatic nitrogens is 4. The van der Waals surface area contributed by atoms with Gasteiger partial charge in [0.1, 0.15) is 5.69 Å². The van der Waals surface area contributed by atoms with E-state index in [1.807, 2.05) is 69.4 Å². The molecule has 0 saturated carbocycles. The Labute approximate surface area is 201 Å². The molecule has 34 heavy (non-hydrogen) atoms. The Hall–Kier alpha value is -3.27. The number of nitrogens with zero attached hydrogens (tertiary/aromatic N) is 4. The normalized spacial score (nSPS) is 13.1. The monoisotopic (exact) mass is 477 g/mol. The molecule has 9 heteroatoms. The molecule has 0 radical (unpaired) electrons. The molecule has 2 atom stereocenters. The second kappa shape index (κ2) is 10.8. The molecule has 0 aliphatic heterocycles. The van der Waals surface area contributed by atoms with Gasteiger partial charge in [0.25, 0.3) is 5.89 Å². The Bertz CT molecular complexity index is 1270. The van der Waals surface area contributed by atoms with Crippen LogP contribution in [-0.2, 0) is 17.3 Å². The highest BCUT2D eigenvalue weighted by Gasteiger charge is 2.17. The van der Waals surface area contributed by atoms with Crippen molar-refractivity contribution in [2.45, 2.75) is 37.0 Å². The van der Waals surface area contributed by atoms with E-state index in [0.717, 1.165) is 23.2 Å². The third-order valence-corrected chi connectivity index (χ3v) is 7.15. The second-order valence-electron chi connectivity index (χ2n) is 7.97. The van der Waals surface area contributed by atoms with E-state index in [0.29, 0.717) is 40.2 Å². The van der Waals surface area contributed by atoms with Crippen LogP contribution in [0.5, 0.6) is 0 Å². The average Bonchev–Trinajstić information content (AvgIpc) is 3.35. The first-order chi connectivity index (χ1) is 16.5. The Kier molecular flexibility index (Phi) is 7.56. The van der Waals surface area contributed by atoms with Gasteiger partial charge in [-0.25, -0.2) is 4.98 Å². The van der Waals surface area contributed by atoms with Crippen molar-refractivity contribution in [3.05, 3.63) is 66.0 Å². The lowest BCUT2D eigenvalue weighted by Crippen LogP contribution is -2.12. The molecule has 176 valence electrons. The van der Waals surface area contributed by atoms with Gasteiger partial charge in [0.2, 0.25) is 5.89 Å². The Morgan fingerprint density at radius 2 is 1.71 bits per heavy atom. The summed E-state index contributed by atoms with van der Waals surface area (Å²) in [5.41, 5.74) is 4.69. The summed E-state index contributed by atoms with van der Waals surface area (Å²) in [5.74, 6) is 0.721. The maximum absolute atomic E-state index is 12.6. The molecule has 2 aromatic carbocycles. The first-order valence-corrected chi connectivity index (χ1v) is 12.2. The first-order valence-electron chi connectivity index (χ1n) is 11.0. The molecule has 0 fully saturated rings. The molecule has 4 aromatic rings. The number of aliphatic hydroxyl groups is 1. The van der Waals surface area contributed by atoms with Crippen molar-refractivity contribution in [1.29, 1.82) is 0 Å². The van der Waals surface area contributed by atoms with E-state index < -0.39 is 10.8 Å². The SMILES string of the molecule is CNCc1ccc(-c2nnc(-c3nc(-c4ccc(S(=O)C(C)CCO)cc4)cnc3C)o2)cc1. The molecule has 2 heterocycles. The predicted molar refractivity (Wildman–Crippen MR) is 131 cm³/mol. The second-order valence-corrected chi connectivity index (χ2v) is 9.84. The molecule has 2 aromatic heterocycles. The van der Waals surface area contributed by atoms with Crippen molar-refractivity contribution in [2.24, 2.45) is 0 Å². The summed E-state index contributed by atoms with van der Waals surface area (Å²) in [4.78, 5) is 9.91. The van der Waals surface area contributed by atoms with E-state index in [4.69, 9.17) is 14.5 Å². The molecule has 4 rings (SSSR count). The number of rotatable bonds is 9. The molecule has 2 N–H and O–H groups in total. The van der Waals surface area contributed by atoms with Gasteiger partial charge in [-0.2, -0.15) is 0 Å². The Morgan fingerprint density at radius 1 is 1.03 bits per heavy atom. The van der Waals surface area contributed by atoms with Crippen molar-refractivity contribution in [3.63, 3.8) is 0 Å². The van der Waals surface area contributed by atoms with Gasteiger partial charge in [-0.05, 0) is 50.2 Å². The molecule has 0 amide bonds. The van der Waals surface area contributed by atoms with Gasteiger partial charge in [0, 0.05) is 34.4 Å². The highest BCUT2D eigenvalue weighted by molar-refractivity contribution is 7.85. The van der Waals surface area contributed by atoms with Crippen LogP contribution in [0.25, 0.3) is 34.3 Å². The number of benzene rings is 2. The largest absolute Gasteiger partial charge is 0.415 e. The van der Waals surface area contributed by atoms with Gasteiger partial charge in [0.05, 0.1) is 28.4 Å². The third kappa shape index (κ3) is 5.27. The number of aliphatic hydroxyl groups excluding tert-OH is 1. The minimum Gasteiger partial charge on any atom is -0.415 e. The molecule has 0 aliphatic rings. The summed E-state index contributed by atoms with van der Waals surface area (Å²) >= 11 is 0. The van der Waals surface area contributed by atoms with Crippen LogP contribution in [0.15, 0.2) is 64.0 Å². The van der Waals surface area contributed by atoms with Crippen LogP contribution in [0.3, 0.4) is 0 Å². The summed E-state index contributed by atoms with van der Waals surface area (Å²) in [6.45, 7) is 4.52. The highest BCUT2D eigenvalue weighted by atomic mass is 32.2. The van der Waals surface area contributed by atoms with Gasteiger partial charge in [0.15, 0.2) is 0 Å². The van der Waals surface area contributed by atoms with E-state index in [9.17, 15) is 4.21 Å². The summed E-state index contributed by atoms with van der Waals surface area (Å²) in [6.07, 6.45) is 2.18.